The zero-order valence-electron chi connectivity index (χ0n) is 19.8. The van der Waals surface area contributed by atoms with Crippen LogP contribution in [0.3, 0.4) is 0 Å². The molecule has 2 aromatic heterocycles. The maximum atomic E-state index is 4.60. The third-order valence-electron chi connectivity index (χ3n) is 7.00. The first-order valence-electron chi connectivity index (χ1n) is 11.6. The average molecular weight is 567 g/mol. The van der Waals surface area contributed by atoms with Crippen molar-refractivity contribution in [3.8, 4) is 33.4 Å². The van der Waals surface area contributed by atoms with E-state index in [-0.39, 0.29) is 0 Å². The quantitative estimate of drug-likeness (QED) is 0.213. The minimum Gasteiger partial charge on any atom is -0.173 e. The zero-order chi connectivity index (χ0) is 25.4. The van der Waals surface area contributed by atoms with Gasteiger partial charge in [-0.25, -0.2) is 0 Å². The topological polar surface area (TPSA) is 101 Å². The van der Waals surface area contributed by atoms with Crippen LogP contribution in [-0.4, -0.2) is 17.5 Å². The van der Waals surface area contributed by atoms with Gasteiger partial charge in [0.1, 0.15) is 44.8 Å². The van der Waals surface area contributed by atoms with Crippen molar-refractivity contribution in [2.45, 2.75) is 13.8 Å². The molecule has 0 fully saturated rings. The maximum absolute atomic E-state index is 4.60. The lowest BCUT2D eigenvalue weighted by Crippen LogP contribution is -1.88. The molecule has 2 aliphatic heterocycles. The van der Waals surface area contributed by atoms with Gasteiger partial charge in [-0.1, -0.05) is 48.5 Å². The van der Waals surface area contributed by atoms with E-state index in [0.717, 1.165) is 89.3 Å². The van der Waals surface area contributed by atoms with E-state index in [1.807, 2.05) is 13.8 Å². The standard InChI is InChI=1S/C26H14N8S4/c1-11-19-23(31-35-27-19)17(24-20(11)28-36-32-24)15-7-3-13(4-8-15)14-5-9-16(10-6-14)18-25-21(29-37-33-25)12(2)22-26(18)34-38-30-22/h3-10H,1-2H3. The number of benzene rings is 4. The fourth-order valence-electron chi connectivity index (χ4n) is 5.05. The molecule has 0 atom stereocenters. The molecule has 12 heteroatoms. The number of hydrogen-bond donors (Lipinski definition) is 0. The van der Waals surface area contributed by atoms with Crippen molar-refractivity contribution in [1.29, 1.82) is 0 Å². The fraction of sp³-hybridized carbons (Fsp3) is 0.0769. The lowest BCUT2D eigenvalue weighted by atomic mass is 9.94. The lowest BCUT2D eigenvalue weighted by molar-refractivity contribution is 1.42. The van der Waals surface area contributed by atoms with Gasteiger partial charge in [-0.05, 0) is 36.1 Å². The third-order valence-corrected chi connectivity index (χ3v) is 9.12. The van der Waals surface area contributed by atoms with Crippen LogP contribution in [0.1, 0.15) is 11.1 Å². The highest BCUT2D eigenvalue weighted by molar-refractivity contribution is 7.58. The predicted octanol–water partition coefficient (Wildman–Crippen LogP) is 8.77. The molecule has 0 saturated carbocycles. The van der Waals surface area contributed by atoms with Crippen LogP contribution in [0.2, 0.25) is 0 Å². The number of aromatic nitrogens is 4. The van der Waals surface area contributed by atoms with Crippen LogP contribution >= 0.6 is 23.5 Å². The zero-order valence-corrected chi connectivity index (χ0v) is 23.1. The van der Waals surface area contributed by atoms with E-state index in [1.165, 1.54) is 46.2 Å². The van der Waals surface area contributed by atoms with Crippen molar-refractivity contribution in [1.82, 2.24) is 17.5 Å². The molecule has 4 aromatic carbocycles. The van der Waals surface area contributed by atoms with Crippen molar-refractivity contribution in [3.63, 3.8) is 0 Å². The van der Waals surface area contributed by atoms with Gasteiger partial charge in [0.15, 0.2) is 0 Å². The molecule has 0 saturated heterocycles. The SMILES string of the molecule is Cc1c2c(c(-c3ccc(-c4ccc(-c5c6c(c(C)c7nsnc57)N=S=N6)cc4)cc3)c3nsnc13)N=S=N2. The molecule has 182 valence electrons. The number of aryl methyl sites for hydroxylation is 2. The molecule has 8 nitrogen and oxygen atoms in total. The molecule has 0 spiro atoms. The van der Waals surface area contributed by atoms with Crippen molar-refractivity contribution in [3.05, 3.63) is 59.7 Å². The van der Waals surface area contributed by atoms with Gasteiger partial charge in [-0.15, -0.1) is 0 Å². The molecule has 0 amide bonds. The van der Waals surface area contributed by atoms with Gasteiger partial charge in [0.25, 0.3) is 0 Å². The van der Waals surface area contributed by atoms with Gasteiger partial charge in [-0.2, -0.15) is 34.9 Å². The Labute approximate surface area is 231 Å². The van der Waals surface area contributed by atoms with Crippen LogP contribution in [0.5, 0.6) is 0 Å². The normalized spacial score (nSPS) is 13.2. The lowest BCUT2D eigenvalue weighted by Gasteiger charge is -2.11. The number of hydrogen-bond acceptors (Lipinski definition) is 10. The number of nitrogens with zero attached hydrogens (tertiary/aromatic N) is 8. The molecule has 38 heavy (non-hydrogen) atoms. The Morgan fingerprint density at radius 1 is 0.421 bits per heavy atom. The molecular formula is C26H14N8S4. The molecule has 0 unspecified atom stereocenters. The molecule has 2 aliphatic rings. The fourth-order valence-corrected chi connectivity index (χ4v) is 7.47. The van der Waals surface area contributed by atoms with E-state index in [9.17, 15) is 0 Å². The van der Waals surface area contributed by atoms with E-state index in [0.29, 0.717) is 0 Å². The van der Waals surface area contributed by atoms with Crippen LogP contribution in [0.25, 0.3) is 55.4 Å². The first-order valence-corrected chi connectivity index (χ1v) is 14.6. The summed E-state index contributed by atoms with van der Waals surface area (Å²) in [4.78, 5) is 0. The molecule has 4 heterocycles. The Morgan fingerprint density at radius 3 is 1.18 bits per heavy atom. The Bertz CT molecular complexity index is 1960. The summed E-state index contributed by atoms with van der Waals surface area (Å²) in [5.74, 6) is 0. The minimum atomic E-state index is 0.883. The van der Waals surface area contributed by atoms with Crippen molar-refractivity contribution < 1.29 is 0 Å². The second-order valence-corrected chi connectivity index (χ2v) is 11.1. The number of rotatable bonds is 3. The summed E-state index contributed by atoms with van der Waals surface area (Å²) >= 11 is 4.90. The second kappa shape index (κ2) is 8.33. The predicted molar refractivity (Wildman–Crippen MR) is 157 cm³/mol. The summed E-state index contributed by atoms with van der Waals surface area (Å²) in [5, 5.41) is 0. The van der Waals surface area contributed by atoms with E-state index in [1.54, 1.807) is 0 Å². The maximum Gasteiger partial charge on any atom is 0.115 e. The molecule has 8 rings (SSSR count). The highest BCUT2D eigenvalue weighted by atomic mass is 32.1. The first kappa shape index (κ1) is 22.2. The monoisotopic (exact) mass is 566 g/mol. The van der Waals surface area contributed by atoms with Crippen molar-refractivity contribution in [2.75, 3.05) is 0 Å². The summed E-state index contributed by atoms with van der Waals surface area (Å²) in [5.41, 5.74) is 15.5. The third kappa shape index (κ3) is 3.11. The second-order valence-electron chi connectivity index (χ2n) is 9.00. The van der Waals surface area contributed by atoms with Gasteiger partial charge >= 0.3 is 0 Å². The first-order chi connectivity index (χ1) is 18.7. The molecule has 0 bridgehead atoms. The summed E-state index contributed by atoms with van der Waals surface area (Å²) in [7, 11) is 0. The molecular weight excluding hydrogens is 553 g/mol. The van der Waals surface area contributed by atoms with E-state index >= 15 is 0 Å². The van der Waals surface area contributed by atoms with Gasteiger partial charge in [-0.3, -0.25) is 0 Å². The molecule has 0 radical (unpaired) electrons. The highest BCUT2D eigenvalue weighted by Gasteiger charge is 2.24. The van der Waals surface area contributed by atoms with Crippen molar-refractivity contribution in [2.24, 2.45) is 17.5 Å². The van der Waals surface area contributed by atoms with Gasteiger partial charge < -0.3 is 0 Å². The summed E-state index contributed by atoms with van der Waals surface area (Å²) in [6, 6.07) is 17.1. The van der Waals surface area contributed by atoms with E-state index < -0.39 is 0 Å². The van der Waals surface area contributed by atoms with Crippen LogP contribution in [0.4, 0.5) is 22.7 Å². The molecule has 0 aliphatic carbocycles. The van der Waals surface area contributed by atoms with Crippen LogP contribution < -0.4 is 0 Å². The Balaban J connectivity index is 1.19. The Hall–Kier alpha value is -3.84. The highest BCUT2D eigenvalue weighted by Crippen LogP contribution is 2.49. The van der Waals surface area contributed by atoms with Crippen LogP contribution in [0, 0.1) is 13.8 Å². The average Bonchev–Trinajstić information content (AvgIpc) is 3.76. The largest absolute Gasteiger partial charge is 0.173 e. The Morgan fingerprint density at radius 2 is 0.763 bits per heavy atom. The van der Waals surface area contributed by atoms with E-state index in [2.05, 4.69) is 83.5 Å². The Kier molecular flexibility index (Phi) is 4.86. The van der Waals surface area contributed by atoms with Crippen LogP contribution in [0.15, 0.2) is 66.0 Å². The summed E-state index contributed by atoms with van der Waals surface area (Å²) in [6.07, 6.45) is 0. The van der Waals surface area contributed by atoms with E-state index in [4.69, 9.17) is 0 Å². The minimum absolute atomic E-state index is 0.883. The molecule has 6 aromatic rings. The van der Waals surface area contributed by atoms with Gasteiger partial charge in [0, 0.05) is 22.3 Å². The number of fused-ring (bicyclic) bond motifs is 4. The molecule has 0 N–H and O–H groups in total. The smallest absolute Gasteiger partial charge is 0.115 e. The van der Waals surface area contributed by atoms with Crippen molar-refractivity contribution >= 4 is 91.0 Å². The van der Waals surface area contributed by atoms with Gasteiger partial charge in [0.2, 0.25) is 0 Å². The summed E-state index contributed by atoms with van der Waals surface area (Å²) in [6.45, 7) is 4.07. The van der Waals surface area contributed by atoms with Crippen LogP contribution in [-0.2, 0) is 22.7 Å². The van der Waals surface area contributed by atoms with Gasteiger partial charge in [0.05, 0.1) is 46.2 Å². The summed E-state index contributed by atoms with van der Waals surface area (Å²) < 4.78 is 36.5.